The first-order valence-electron chi connectivity index (χ1n) is 5.40. The second kappa shape index (κ2) is 4.75. The van der Waals surface area contributed by atoms with Gasteiger partial charge >= 0.3 is 0 Å². The zero-order valence-corrected chi connectivity index (χ0v) is 10.1. The van der Waals surface area contributed by atoms with Crippen LogP contribution < -0.4 is 5.32 Å². The number of imidazole rings is 1. The Hall–Kier alpha value is -1.92. The summed E-state index contributed by atoms with van der Waals surface area (Å²) in [6.45, 7) is 1.18. The Balaban J connectivity index is 1.67. The Morgan fingerprint density at radius 1 is 1.28 bits per heavy atom. The summed E-state index contributed by atoms with van der Waals surface area (Å²) in [4.78, 5) is 8.37. The van der Waals surface area contributed by atoms with Crippen molar-refractivity contribution in [3.63, 3.8) is 0 Å². The molecule has 92 valence electrons. The summed E-state index contributed by atoms with van der Waals surface area (Å²) >= 11 is 5.91. The van der Waals surface area contributed by atoms with Gasteiger partial charge in [-0.15, -0.1) is 0 Å². The molecule has 0 radical (unpaired) electrons. The van der Waals surface area contributed by atoms with Crippen LogP contribution in [0.2, 0.25) is 5.02 Å². The van der Waals surface area contributed by atoms with Gasteiger partial charge in [-0.3, -0.25) is 0 Å². The van der Waals surface area contributed by atoms with E-state index < -0.39 is 0 Å². The van der Waals surface area contributed by atoms with Gasteiger partial charge in [0.1, 0.15) is 5.65 Å². The van der Waals surface area contributed by atoms with E-state index in [-0.39, 0.29) is 0 Å². The second-order valence-electron chi connectivity index (χ2n) is 3.80. The van der Waals surface area contributed by atoms with Gasteiger partial charge in [-0.1, -0.05) is 16.8 Å². The molecule has 7 heteroatoms. The van der Waals surface area contributed by atoms with E-state index in [1.54, 1.807) is 0 Å². The van der Waals surface area contributed by atoms with Crippen molar-refractivity contribution < 1.29 is 4.52 Å². The van der Waals surface area contributed by atoms with Gasteiger partial charge in [0.05, 0.1) is 17.3 Å². The molecule has 3 rings (SSSR count). The van der Waals surface area contributed by atoms with Crippen LogP contribution in [0.5, 0.6) is 0 Å². The van der Waals surface area contributed by atoms with Gasteiger partial charge in [0.2, 0.25) is 6.39 Å². The molecular weight excluding hydrogens is 254 g/mol. The number of hydrogen-bond acceptors (Lipinski definition) is 5. The summed E-state index contributed by atoms with van der Waals surface area (Å²) in [5.74, 6) is 0.627. The van der Waals surface area contributed by atoms with Crippen molar-refractivity contribution in [2.24, 2.45) is 0 Å². The highest BCUT2D eigenvalue weighted by Crippen LogP contribution is 2.11. The highest BCUT2D eigenvalue weighted by Gasteiger charge is 2.03. The SMILES string of the molecule is Clc1ccc2nc(CNCc3ncon3)cn2c1. The molecule has 0 amide bonds. The van der Waals surface area contributed by atoms with E-state index in [0.717, 1.165) is 11.3 Å². The lowest BCUT2D eigenvalue weighted by molar-refractivity contribution is 0.407. The predicted octanol–water partition coefficient (Wildman–Crippen LogP) is 1.66. The van der Waals surface area contributed by atoms with Crippen LogP contribution in [0.15, 0.2) is 35.4 Å². The molecule has 0 saturated heterocycles. The van der Waals surface area contributed by atoms with E-state index in [9.17, 15) is 0 Å². The van der Waals surface area contributed by atoms with Crippen molar-refractivity contribution in [3.05, 3.63) is 47.5 Å². The van der Waals surface area contributed by atoms with E-state index >= 15 is 0 Å². The molecule has 18 heavy (non-hydrogen) atoms. The number of nitrogens with one attached hydrogen (secondary N) is 1. The van der Waals surface area contributed by atoms with Crippen LogP contribution in [-0.2, 0) is 13.1 Å². The van der Waals surface area contributed by atoms with Crippen LogP contribution in [0, 0.1) is 0 Å². The molecule has 0 aliphatic heterocycles. The van der Waals surface area contributed by atoms with Gasteiger partial charge in [-0.25, -0.2) is 4.98 Å². The minimum atomic E-state index is 0.547. The van der Waals surface area contributed by atoms with Crippen molar-refractivity contribution in [2.45, 2.75) is 13.1 Å². The van der Waals surface area contributed by atoms with Crippen LogP contribution in [0.1, 0.15) is 11.5 Å². The maximum Gasteiger partial charge on any atom is 0.213 e. The van der Waals surface area contributed by atoms with E-state index in [2.05, 4.69) is 25.0 Å². The number of aromatic nitrogens is 4. The molecule has 0 aliphatic rings. The first-order valence-corrected chi connectivity index (χ1v) is 5.78. The Kier molecular flexibility index (Phi) is 2.95. The van der Waals surface area contributed by atoms with Crippen molar-refractivity contribution in [3.8, 4) is 0 Å². The zero-order valence-electron chi connectivity index (χ0n) is 9.38. The molecule has 0 aromatic carbocycles. The van der Waals surface area contributed by atoms with Crippen LogP contribution >= 0.6 is 11.6 Å². The minimum absolute atomic E-state index is 0.547. The Morgan fingerprint density at radius 2 is 2.22 bits per heavy atom. The standard InChI is InChI=1S/C11H10ClN5O/c12-8-1-2-11-15-9(6-17(11)5-8)3-13-4-10-14-7-18-16-10/h1-2,5-7,13H,3-4H2. The van der Waals surface area contributed by atoms with Gasteiger partial charge in [0.15, 0.2) is 5.82 Å². The van der Waals surface area contributed by atoms with Crippen LogP contribution in [0.3, 0.4) is 0 Å². The molecule has 1 N–H and O–H groups in total. The first-order chi connectivity index (χ1) is 8.81. The Bertz CT molecular complexity index is 649. The lowest BCUT2D eigenvalue weighted by atomic mass is 10.4. The summed E-state index contributed by atoms with van der Waals surface area (Å²) in [7, 11) is 0. The van der Waals surface area contributed by atoms with Gasteiger partial charge < -0.3 is 14.2 Å². The van der Waals surface area contributed by atoms with Crippen molar-refractivity contribution >= 4 is 17.2 Å². The normalized spacial score (nSPS) is 11.2. The molecule has 3 heterocycles. The molecule has 0 fully saturated rings. The monoisotopic (exact) mass is 263 g/mol. The van der Waals surface area contributed by atoms with Crippen molar-refractivity contribution in [1.29, 1.82) is 0 Å². The number of nitrogens with zero attached hydrogens (tertiary/aromatic N) is 4. The molecule has 3 aromatic rings. The molecule has 0 unspecified atom stereocenters. The Morgan fingerprint density at radius 3 is 3.06 bits per heavy atom. The fraction of sp³-hybridized carbons (Fsp3) is 0.182. The lowest BCUT2D eigenvalue weighted by Crippen LogP contribution is -2.13. The van der Waals surface area contributed by atoms with E-state index in [4.69, 9.17) is 11.6 Å². The molecule has 0 spiro atoms. The fourth-order valence-electron chi connectivity index (χ4n) is 1.68. The van der Waals surface area contributed by atoms with E-state index in [1.807, 2.05) is 28.9 Å². The third-order valence-electron chi connectivity index (χ3n) is 2.46. The smallest absolute Gasteiger partial charge is 0.213 e. The maximum absolute atomic E-state index is 5.91. The molecule has 3 aromatic heterocycles. The Labute approximate surface area is 108 Å². The highest BCUT2D eigenvalue weighted by atomic mass is 35.5. The van der Waals surface area contributed by atoms with E-state index in [1.165, 1.54) is 6.39 Å². The minimum Gasteiger partial charge on any atom is -0.343 e. The largest absolute Gasteiger partial charge is 0.343 e. The fourth-order valence-corrected chi connectivity index (χ4v) is 1.84. The van der Waals surface area contributed by atoms with Gasteiger partial charge in [-0.05, 0) is 12.1 Å². The van der Waals surface area contributed by atoms with Crippen LogP contribution in [-0.4, -0.2) is 19.5 Å². The van der Waals surface area contributed by atoms with E-state index in [0.29, 0.717) is 23.9 Å². The van der Waals surface area contributed by atoms with Gasteiger partial charge in [0.25, 0.3) is 0 Å². The lowest BCUT2D eigenvalue weighted by Gasteiger charge is -1.96. The third-order valence-corrected chi connectivity index (χ3v) is 2.68. The summed E-state index contributed by atoms with van der Waals surface area (Å²) < 4.78 is 6.54. The molecule has 0 saturated carbocycles. The summed E-state index contributed by atoms with van der Waals surface area (Å²) in [6.07, 6.45) is 5.07. The summed E-state index contributed by atoms with van der Waals surface area (Å²) in [5, 5.41) is 7.58. The third kappa shape index (κ3) is 2.34. The summed E-state index contributed by atoms with van der Waals surface area (Å²) in [5.41, 5.74) is 1.80. The predicted molar refractivity (Wildman–Crippen MR) is 65.0 cm³/mol. The maximum atomic E-state index is 5.91. The quantitative estimate of drug-likeness (QED) is 0.775. The topological polar surface area (TPSA) is 68.2 Å². The number of fused-ring (bicyclic) bond motifs is 1. The van der Waals surface area contributed by atoms with Gasteiger partial charge in [0, 0.05) is 18.9 Å². The number of rotatable bonds is 4. The van der Waals surface area contributed by atoms with Crippen molar-refractivity contribution in [2.75, 3.05) is 0 Å². The average Bonchev–Trinajstić information content (AvgIpc) is 2.97. The molecule has 0 bridgehead atoms. The molecule has 6 nitrogen and oxygen atoms in total. The zero-order chi connectivity index (χ0) is 12.4. The highest BCUT2D eigenvalue weighted by molar-refractivity contribution is 6.30. The van der Waals surface area contributed by atoms with Crippen molar-refractivity contribution in [1.82, 2.24) is 24.8 Å². The summed E-state index contributed by atoms with van der Waals surface area (Å²) in [6, 6.07) is 3.70. The molecule has 0 aliphatic carbocycles. The molecular formula is C11H10ClN5O. The number of pyridine rings is 1. The first kappa shape index (κ1) is 11.2. The number of hydrogen-bond donors (Lipinski definition) is 1. The van der Waals surface area contributed by atoms with Gasteiger partial charge in [-0.2, -0.15) is 4.98 Å². The average molecular weight is 264 g/mol. The molecule has 0 atom stereocenters. The van der Waals surface area contributed by atoms with Crippen LogP contribution in [0.4, 0.5) is 0 Å². The number of halogens is 1. The second-order valence-corrected chi connectivity index (χ2v) is 4.23. The van der Waals surface area contributed by atoms with Crippen LogP contribution in [0.25, 0.3) is 5.65 Å².